The third-order valence-electron chi connectivity index (χ3n) is 4.80. The summed E-state index contributed by atoms with van der Waals surface area (Å²) in [5, 5.41) is 21.3. The molecule has 0 atom stereocenters. The van der Waals surface area contributed by atoms with Crippen LogP contribution in [-0.2, 0) is 4.79 Å². The van der Waals surface area contributed by atoms with Gasteiger partial charge < -0.3 is 14.8 Å². The zero-order valence-corrected chi connectivity index (χ0v) is 17.2. The molecule has 1 aromatic heterocycles. The Bertz CT molecular complexity index is 1230. The van der Waals surface area contributed by atoms with E-state index in [4.69, 9.17) is 14.7 Å². The van der Waals surface area contributed by atoms with Gasteiger partial charge in [0.2, 0.25) is 0 Å². The van der Waals surface area contributed by atoms with E-state index in [2.05, 4.69) is 11.4 Å². The first kappa shape index (κ1) is 21.4. The van der Waals surface area contributed by atoms with Gasteiger partial charge in [0.15, 0.2) is 18.1 Å². The van der Waals surface area contributed by atoms with Crippen molar-refractivity contribution in [2.45, 2.75) is 13.8 Å². The molecule has 31 heavy (non-hydrogen) atoms. The maximum atomic E-state index is 13.8. The lowest BCUT2D eigenvalue weighted by atomic mass is 10.2. The molecule has 1 N–H and O–H groups in total. The van der Waals surface area contributed by atoms with E-state index in [9.17, 15) is 14.4 Å². The highest BCUT2D eigenvalue weighted by Gasteiger charge is 2.21. The Labute approximate surface area is 178 Å². The smallest absolute Gasteiger partial charge is 0.263 e. The molecule has 0 bridgehead atoms. The topological polar surface area (TPSA) is 100 Å². The van der Waals surface area contributed by atoms with Crippen LogP contribution >= 0.6 is 0 Å². The zero-order valence-electron chi connectivity index (χ0n) is 17.2. The molecule has 3 aromatic rings. The first-order valence-electron chi connectivity index (χ1n) is 9.28. The minimum atomic E-state index is -0.516. The molecule has 0 aliphatic rings. The minimum absolute atomic E-state index is 0.239. The summed E-state index contributed by atoms with van der Waals surface area (Å²) in [6.07, 6.45) is 0. The molecule has 0 saturated heterocycles. The molecule has 0 unspecified atom stereocenters. The summed E-state index contributed by atoms with van der Waals surface area (Å²) in [6.45, 7) is 3.19. The van der Waals surface area contributed by atoms with Gasteiger partial charge in [0.25, 0.3) is 5.91 Å². The number of nitrogens with zero attached hydrogens (tertiary/aromatic N) is 3. The lowest BCUT2D eigenvalue weighted by molar-refractivity contribution is -0.118. The Morgan fingerprint density at radius 3 is 2.55 bits per heavy atom. The third-order valence-corrected chi connectivity index (χ3v) is 4.80. The molecular weight excluding hydrogens is 399 g/mol. The van der Waals surface area contributed by atoms with Crippen molar-refractivity contribution < 1.29 is 18.7 Å². The normalized spacial score (nSPS) is 10.1. The fourth-order valence-corrected chi connectivity index (χ4v) is 3.17. The van der Waals surface area contributed by atoms with E-state index < -0.39 is 11.7 Å². The van der Waals surface area contributed by atoms with Crippen LogP contribution in [0.4, 0.5) is 10.2 Å². The van der Waals surface area contributed by atoms with Crippen LogP contribution in [0.3, 0.4) is 0 Å². The van der Waals surface area contributed by atoms with Crippen molar-refractivity contribution in [1.29, 1.82) is 10.5 Å². The largest absolute Gasteiger partial charge is 0.493 e. The highest BCUT2D eigenvalue weighted by atomic mass is 19.1. The van der Waals surface area contributed by atoms with Crippen molar-refractivity contribution in [1.82, 2.24) is 4.57 Å². The average molecular weight is 418 g/mol. The molecule has 1 heterocycles. The second-order valence-electron chi connectivity index (χ2n) is 6.68. The van der Waals surface area contributed by atoms with E-state index in [0.717, 1.165) is 0 Å². The summed E-state index contributed by atoms with van der Waals surface area (Å²) < 4.78 is 26.1. The van der Waals surface area contributed by atoms with Crippen molar-refractivity contribution in [2.24, 2.45) is 0 Å². The van der Waals surface area contributed by atoms with Gasteiger partial charge in [0.05, 0.1) is 30.0 Å². The predicted octanol–water partition coefficient (Wildman–Crippen LogP) is 4.00. The van der Waals surface area contributed by atoms with Gasteiger partial charge in [-0.1, -0.05) is 6.07 Å². The third kappa shape index (κ3) is 4.34. The van der Waals surface area contributed by atoms with Crippen LogP contribution in [0, 0.1) is 42.3 Å². The Morgan fingerprint density at radius 1 is 1.13 bits per heavy atom. The van der Waals surface area contributed by atoms with Gasteiger partial charge in [-0.3, -0.25) is 9.36 Å². The van der Waals surface area contributed by atoms with E-state index in [1.165, 1.54) is 31.4 Å². The van der Waals surface area contributed by atoms with Crippen molar-refractivity contribution in [3.63, 3.8) is 0 Å². The number of amides is 1. The quantitative estimate of drug-likeness (QED) is 0.652. The van der Waals surface area contributed by atoms with Crippen LogP contribution in [0.25, 0.3) is 5.69 Å². The molecule has 156 valence electrons. The second-order valence-corrected chi connectivity index (χ2v) is 6.68. The molecule has 7 nitrogen and oxygen atoms in total. The number of nitriles is 2. The minimum Gasteiger partial charge on any atom is -0.493 e. The highest BCUT2D eigenvalue weighted by molar-refractivity contribution is 5.93. The summed E-state index contributed by atoms with van der Waals surface area (Å²) in [5.74, 6) is -0.0961. The lowest BCUT2D eigenvalue weighted by Gasteiger charge is -2.14. The molecular formula is C23H19FN4O3. The number of ether oxygens (including phenoxy) is 2. The highest BCUT2D eigenvalue weighted by Crippen LogP contribution is 2.31. The van der Waals surface area contributed by atoms with Gasteiger partial charge in [-0.05, 0) is 49.7 Å². The molecule has 8 heteroatoms. The number of nitrogens with one attached hydrogen (secondary N) is 1. The Morgan fingerprint density at radius 2 is 1.90 bits per heavy atom. The van der Waals surface area contributed by atoms with E-state index in [0.29, 0.717) is 34.0 Å². The van der Waals surface area contributed by atoms with Crippen LogP contribution in [-0.4, -0.2) is 24.2 Å². The molecule has 0 spiro atoms. The first-order valence-corrected chi connectivity index (χ1v) is 9.28. The Hall–Kier alpha value is -4.30. The number of rotatable bonds is 6. The van der Waals surface area contributed by atoms with Gasteiger partial charge in [-0.25, -0.2) is 4.39 Å². The number of halogens is 1. The van der Waals surface area contributed by atoms with Crippen LogP contribution in [0.5, 0.6) is 11.5 Å². The molecule has 1 amide bonds. The number of carbonyl (C=O) groups is 1. The summed E-state index contributed by atoms with van der Waals surface area (Å²) in [7, 11) is 1.43. The molecule has 0 fully saturated rings. The van der Waals surface area contributed by atoms with Gasteiger partial charge in [-0.15, -0.1) is 0 Å². The van der Waals surface area contributed by atoms with Crippen molar-refractivity contribution >= 4 is 11.7 Å². The maximum Gasteiger partial charge on any atom is 0.263 e. The molecule has 3 rings (SSSR count). The molecule has 2 aromatic carbocycles. The van der Waals surface area contributed by atoms with Gasteiger partial charge in [-0.2, -0.15) is 10.5 Å². The summed E-state index contributed by atoms with van der Waals surface area (Å²) >= 11 is 0. The Kier molecular flexibility index (Phi) is 6.23. The molecule has 0 aliphatic carbocycles. The Balaban J connectivity index is 1.88. The number of carbonyl (C=O) groups excluding carboxylic acids is 1. The van der Waals surface area contributed by atoms with Crippen molar-refractivity contribution in [3.8, 4) is 29.3 Å². The first-order chi connectivity index (χ1) is 14.9. The molecule has 0 saturated carbocycles. The van der Waals surface area contributed by atoms with Gasteiger partial charge in [0.1, 0.15) is 17.7 Å². The van der Waals surface area contributed by atoms with Crippen LogP contribution < -0.4 is 14.8 Å². The lowest BCUT2D eigenvalue weighted by Crippen LogP contribution is -2.22. The summed E-state index contributed by atoms with van der Waals surface area (Å²) in [4.78, 5) is 12.6. The number of benzene rings is 2. The SMILES string of the molecule is COc1cc(C#N)ccc1OCC(=O)Nc1c(C#N)c(C)c(C)n1-c1cccc(F)c1. The number of methoxy groups -OCH3 is 1. The van der Waals surface area contributed by atoms with E-state index in [1.807, 2.05) is 6.07 Å². The number of hydrogen-bond donors (Lipinski definition) is 1. The maximum absolute atomic E-state index is 13.8. The van der Waals surface area contributed by atoms with E-state index >= 15 is 0 Å². The van der Waals surface area contributed by atoms with Gasteiger partial charge >= 0.3 is 0 Å². The summed E-state index contributed by atoms with van der Waals surface area (Å²) in [5.41, 5.74) is 2.54. The number of aromatic nitrogens is 1. The van der Waals surface area contributed by atoms with Crippen molar-refractivity contribution in [2.75, 3.05) is 19.0 Å². The van der Waals surface area contributed by atoms with Crippen LogP contribution in [0.2, 0.25) is 0 Å². The fraction of sp³-hybridized carbons (Fsp3) is 0.174. The van der Waals surface area contributed by atoms with Crippen molar-refractivity contribution in [3.05, 3.63) is 70.7 Å². The van der Waals surface area contributed by atoms with E-state index in [1.54, 1.807) is 36.6 Å². The zero-order chi connectivity index (χ0) is 22.5. The monoisotopic (exact) mass is 418 g/mol. The van der Waals surface area contributed by atoms with E-state index in [-0.39, 0.29) is 18.0 Å². The summed E-state index contributed by atoms with van der Waals surface area (Å²) in [6, 6.07) is 14.6. The molecule has 0 radical (unpaired) electrons. The standard InChI is InChI=1S/C23H19FN4O3/c1-14-15(2)28(18-6-4-5-17(24)10-18)23(19(14)12-26)27-22(29)13-31-20-8-7-16(11-25)9-21(20)30-3/h4-10H,13H2,1-3H3,(H,27,29). The average Bonchev–Trinajstić information content (AvgIpc) is 3.00. The van der Waals surface area contributed by atoms with Crippen LogP contribution in [0.1, 0.15) is 22.4 Å². The predicted molar refractivity (Wildman–Crippen MR) is 112 cm³/mol. The number of anilines is 1. The molecule has 0 aliphatic heterocycles. The van der Waals surface area contributed by atoms with Gasteiger partial charge in [0, 0.05) is 11.8 Å². The fourth-order valence-electron chi connectivity index (χ4n) is 3.17. The number of hydrogen-bond acceptors (Lipinski definition) is 5. The van der Waals surface area contributed by atoms with Crippen LogP contribution in [0.15, 0.2) is 42.5 Å². The second kappa shape index (κ2) is 9.02.